The highest BCUT2D eigenvalue weighted by Crippen LogP contribution is 2.49. The summed E-state index contributed by atoms with van der Waals surface area (Å²) in [6, 6.07) is 12.8. The van der Waals surface area contributed by atoms with Crippen molar-refractivity contribution in [2.75, 3.05) is 18.5 Å². The number of carbonyl (C=O) groups is 2. The lowest BCUT2D eigenvalue weighted by molar-refractivity contribution is -0.138. The number of aliphatic carboxylic acids is 1. The SMILES string of the molecule is CC(C(=O)O)c1ccc(NC(=O)C2CC2c2ccc3c(c2)OCCO3)cc1. The molecule has 0 aromatic heterocycles. The Morgan fingerprint density at radius 3 is 2.48 bits per heavy atom. The number of anilines is 1. The molecule has 0 spiro atoms. The lowest BCUT2D eigenvalue weighted by atomic mass is 10.0. The number of carbonyl (C=O) groups excluding carboxylic acids is 1. The largest absolute Gasteiger partial charge is 0.486 e. The van der Waals surface area contributed by atoms with Crippen LogP contribution in [0.5, 0.6) is 11.5 Å². The molecular formula is C21H21NO5. The van der Waals surface area contributed by atoms with Crippen molar-refractivity contribution in [2.45, 2.75) is 25.2 Å². The minimum absolute atomic E-state index is 0.0195. The van der Waals surface area contributed by atoms with Gasteiger partial charge in [-0.3, -0.25) is 9.59 Å². The summed E-state index contributed by atoms with van der Waals surface area (Å²) in [6.07, 6.45) is 0.805. The van der Waals surface area contributed by atoms with E-state index in [0.717, 1.165) is 23.5 Å². The van der Waals surface area contributed by atoms with Gasteiger partial charge in [0.2, 0.25) is 5.91 Å². The van der Waals surface area contributed by atoms with Crippen LogP contribution in [0.3, 0.4) is 0 Å². The highest BCUT2D eigenvalue weighted by molar-refractivity contribution is 5.95. The van der Waals surface area contributed by atoms with E-state index in [0.29, 0.717) is 24.5 Å². The third kappa shape index (κ3) is 3.60. The molecule has 27 heavy (non-hydrogen) atoms. The number of carboxylic acids is 1. The van der Waals surface area contributed by atoms with Crippen LogP contribution in [-0.2, 0) is 9.59 Å². The van der Waals surface area contributed by atoms with Crippen LogP contribution in [0, 0.1) is 5.92 Å². The zero-order valence-corrected chi connectivity index (χ0v) is 15.0. The number of ether oxygens (including phenoxy) is 2. The molecule has 0 bridgehead atoms. The molecule has 2 aromatic rings. The molecule has 6 heteroatoms. The number of rotatable bonds is 5. The van der Waals surface area contributed by atoms with Gasteiger partial charge in [-0.05, 0) is 54.7 Å². The molecule has 1 fully saturated rings. The third-order valence-electron chi connectivity index (χ3n) is 5.17. The molecule has 2 aliphatic rings. The molecule has 140 valence electrons. The summed E-state index contributed by atoms with van der Waals surface area (Å²) in [5, 5.41) is 12.0. The van der Waals surface area contributed by atoms with E-state index in [9.17, 15) is 9.59 Å². The van der Waals surface area contributed by atoms with Crippen LogP contribution in [0.15, 0.2) is 42.5 Å². The van der Waals surface area contributed by atoms with Gasteiger partial charge < -0.3 is 19.9 Å². The van der Waals surface area contributed by atoms with E-state index < -0.39 is 11.9 Å². The molecule has 3 unspecified atom stereocenters. The van der Waals surface area contributed by atoms with Crippen LogP contribution in [0.2, 0.25) is 0 Å². The third-order valence-corrected chi connectivity index (χ3v) is 5.17. The predicted molar refractivity (Wildman–Crippen MR) is 99.4 cm³/mol. The molecule has 4 rings (SSSR count). The van der Waals surface area contributed by atoms with Crippen molar-refractivity contribution in [1.29, 1.82) is 0 Å². The highest BCUT2D eigenvalue weighted by Gasteiger charge is 2.44. The lowest BCUT2D eigenvalue weighted by Gasteiger charge is -2.18. The smallest absolute Gasteiger partial charge is 0.310 e. The Kier molecular flexibility index (Phi) is 4.48. The Labute approximate surface area is 157 Å². The molecular weight excluding hydrogens is 346 g/mol. The number of fused-ring (bicyclic) bond motifs is 1. The number of nitrogens with one attached hydrogen (secondary N) is 1. The number of carboxylic acid groups (broad SMARTS) is 1. The van der Waals surface area contributed by atoms with E-state index in [1.807, 2.05) is 18.2 Å². The summed E-state index contributed by atoms with van der Waals surface area (Å²) in [6.45, 7) is 2.74. The fourth-order valence-electron chi connectivity index (χ4n) is 3.38. The second-order valence-electron chi connectivity index (χ2n) is 7.02. The molecule has 2 N–H and O–H groups in total. The zero-order chi connectivity index (χ0) is 19.0. The Hall–Kier alpha value is -3.02. The molecule has 1 aliphatic heterocycles. The van der Waals surface area contributed by atoms with Crippen LogP contribution in [0.4, 0.5) is 5.69 Å². The summed E-state index contributed by atoms with van der Waals surface area (Å²) in [5.41, 5.74) is 2.47. The van der Waals surface area contributed by atoms with Gasteiger partial charge in [0.1, 0.15) is 13.2 Å². The van der Waals surface area contributed by atoms with E-state index in [-0.39, 0.29) is 17.7 Å². The first-order valence-corrected chi connectivity index (χ1v) is 9.06. The van der Waals surface area contributed by atoms with Crippen LogP contribution in [0.1, 0.15) is 36.3 Å². The number of amides is 1. The van der Waals surface area contributed by atoms with Gasteiger partial charge in [-0.25, -0.2) is 0 Å². The van der Waals surface area contributed by atoms with E-state index >= 15 is 0 Å². The van der Waals surface area contributed by atoms with Crippen molar-refractivity contribution >= 4 is 17.6 Å². The average molecular weight is 367 g/mol. The maximum absolute atomic E-state index is 12.5. The second kappa shape index (κ2) is 6.95. The maximum atomic E-state index is 12.5. The minimum Gasteiger partial charge on any atom is -0.486 e. The van der Waals surface area contributed by atoms with Crippen molar-refractivity contribution in [2.24, 2.45) is 5.92 Å². The Morgan fingerprint density at radius 1 is 1.07 bits per heavy atom. The maximum Gasteiger partial charge on any atom is 0.310 e. The monoisotopic (exact) mass is 367 g/mol. The molecule has 0 radical (unpaired) electrons. The van der Waals surface area contributed by atoms with Gasteiger partial charge in [0.15, 0.2) is 11.5 Å². The van der Waals surface area contributed by atoms with Gasteiger partial charge in [-0.2, -0.15) is 0 Å². The van der Waals surface area contributed by atoms with Crippen LogP contribution in [0.25, 0.3) is 0 Å². The Bertz CT molecular complexity index is 877. The first-order chi connectivity index (χ1) is 13.0. The second-order valence-corrected chi connectivity index (χ2v) is 7.02. The molecule has 1 heterocycles. The molecule has 1 aliphatic carbocycles. The van der Waals surface area contributed by atoms with Crippen molar-refractivity contribution in [3.8, 4) is 11.5 Å². The van der Waals surface area contributed by atoms with Gasteiger partial charge in [0.25, 0.3) is 0 Å². The number of hydrogen-bond acceptors (Lipinski definition) is 4. The first kappa shape index (κ1) is 17.4. The quantitative estimate of drug-likeness (QED) is 0.846. The van der Waals surface area contributed by atoms with Crippen molar-refractivity contribution in [3.63, 3.8) is 0 Å². The lowest BCUT2D eigenvalue weighted by Crippen LogP contribution is -2.16. The number of hydrogen-bond donors (Lipinski definition) is 2. The highest BCUT2D eigenvalue weighted by atomic mass is 16.6. The fourth-order valence-corrected chi connectivity index (χ4v) is 3.38. The molecule has 3 atom stereocenters. The van der Waals surface area contributed by atoms with Crippen molar-refractivity contribution in [1.82, 2.24) is 0 Å². The van der Waals surface area contributed by atoms with Crippen LogP contribution >= 0.6 is 0 Å². The summed E-state index contributed by atoms with van der Waals surface area (Å²) < 4.78 is 11.1. The van der Waals surface area contributed by atoms with Crippen LogP contribution in [-0.4, -0.2) is 30.2 Å². The van der Waals surface area contributed by atoms with Gasteiger partial charge in [0, 0.05) is 11.6 Å². The van der Waals surface area contributed by atoms with Gasteiger partial charge in [-0.1, -0.05) is 18.2 Å². The summed E-state index contributed by atoms with van der Waals surface area (Å²) in [5.74, 6) is 0.159. The van der Waals surface area contributed by atoms with E-state index in [1.165, 1.54) is 0 Å². The topological polar surface area (TPSA) is 84.9 Å². The van der Waals surface area contributed by atoms with E-state index in [2.05, 4.69) is 5.32 Å². The first-order valence-electron chi connectivity index (χ1n) is 9.06. The molecule has 1 saturated carbocycles. The molecule has 0 saturated heterocycles. The average Bonchev–Trinajstić information content (AvgIpc) is 3.48. The van der Waals surface area contributed by atoms with E-state index in [4.69, 9.17) is 14.6 Å². The van der Waals surface area contributed by atoms with Gasteiger partial charge in [0.05, 0.1) is 5.92 Å². The van der Waals surface area contributed by atoms with Crippen molar-refractivity contribution < 1.29 is 24.2 Å². The minimum atomic E-state index is -0.868. The molecule has 1 amide bonds. The zero-order valence-electron chi connectivity index (χ0n) is 15.0. The van der Waals surface area contributed by atoms with Crippen LogP contribution < -0.4 is 14.8 Å². The molecule has 6 nitrogen and oxygen atoms in total. The standard InChI is InChI=1S/C21H21NO5/c1-12(21(24)25)13-2-5-15(6-3-13)22-20(23)17-11-16(17)14-4-7-18-19(10-14)27-9-8-26-18/h2-7,10,12,16-17H,8-9,11H2,1H3,(H,22,23)(H,24,25). The van der Waals surface area contributed by atoms with Gasteiger partial charge in [-0.15, -0.1) is 0 Å². The van der Waals surface area contributed by atoms with Gasteiger partial charge >= 0.3 is 5.97 Å². The summed E-state index contributed by atoms with van der Waals surface area (Å²) in [4.78, 5) is 23.5. The Balaban J connectivity index is 1.38. The fraction of sp³-hybridized carbons (Fsp3) is 0.333. The van der Waals surface area contributed by atoms with Crippen molar-refractivity contribution in [3.05, 3.63) is 53.6 Å². The van der Waals surface area contributed by atoms with E-state index in [1.54, 1.807) is 31.2 Å². The summed E-state index contributed by atoms with van der Waals surface area (Å²) >= 11 is 0. The normalized spacial score (nSPS) is 21.2. The predicted octanol–water partition coefficient (Wildman–Crippen LogP) is 3.39. The Morgan fingerprint density at radius 2 is 1.78 bits per heavy atom. The molecule has 2 aromatic carbocycles. The number of benzene rings is 2. The summed E-state index contributed by atoms with van der Waals surface area (Å²) in [7, 11) is 0.